The number of hydrogen-bond donors (Lipinski definition) is 0. The molecule has 1 heterocycles. The van der Waals surface area contributed by atoms with Crippen LogP contribution in [0, 0.1) is 0 Å². The van der Waals surface area contributed by atoms with E-state index in [2.05, 4.69) is 0 Å². The molecule has 1 rings (SSSR count). The van der Waals surface area contributed by atoms with Crippen molar-refractivity contribution in [1.29, 1.82) is 0 Å². The fraction of sp³-hybridized carbons (Fsp3) is 1.00. The third-order valence-electron chi connectivity index (χ3n) is 1.41. The normalized spacial score (nSPS) is 28.8. The number of rotatable bonds is 0. The quantitative estimate of drug-likeness (QED) is 0.464. The van der Waals surface area contributed by atoms with E-state index >= 15 is 0 Å². The minimum atomic E-state index is 0. The molecule has 1 aliphatic rings. The van der Waals surface area contributed by atoms with Gasteiger partial charge in [0.2, 0.25) is 0 Å². The van der Waals surface area contributed by atoms with Crippen molar-refractivity contribution < 1.29 is 23.3 Å². The van der Waals surface area contributed by atoms with Crippen LogP contribution in [0.5, 0.6) is 0 Å². The minimum Gasteiger partial charge on any atom is -0.394 e. The molecule has 0 aliphatic carbocycles. The monoisotopic (exact) mass is 165 g/mol. The molecule has 0 bridgehead atoms. The maximum Gasteiger partial charge on any atom is 0.258 e. The zero-order valence-electron chi connectivity index (χ0n) is 5.26. The molecule has 1 atom stereocenters. The van der Waals surface area contributed by atoms with Crippen LogP contribution < -0.4 is 0 Å². The van der Waals surface area contributed by atoms with Gasteiger partial charge in [-0.05, 0) is 24.2 Å². The molecule has 8 heavy (non-hydrogen) atoms. The number of hydrogen-bond acceptors (Lipinski definition) is 1. The van der Waals surface area contributed by atoms with Crippen molar-refractivity contribution in [2.24, 2.45) is 0 Å². The van der Waals surface area contributed by atoms with E-state index in [1.54, 1.807) is 0 Å². The van der Waals surface area contributed by atoms with Gasteiger partial charge in [0, 0.05) is 25.2 Å². The van der Waals surface area contributed by atoms with Gasteiger partial charge in [-0.2, -0.15) is 0 Å². The molecule has 0 N–H and O–H groups in total. The van der Waals surface area contributed by atoms with E-state index in [4.69, 9.17) is 4.74 Å². The average Bonchev–Trinajstić information content (AvgIpc) is 1.69. The van der Waals surface area contributed by atoms with Crippen molar-refractivity contribution in [2.75, 3.05) is 6.61 Å². The Labute approximate surface area is 70.5 Å². The fourth-order valence-corrected chi connectivity index (χ4v) is 1.55. The third kappa shape index (κ3) is 3.17. The van der Waals surface area contributed by atoms with Gasteiger partial charge < -0.3 is 4.74 Å². The molecule has 0 saturated carbocycles. The van der Waals surface area contributed by atoms with Crippen molar-refractivity contribution in [3.05, 3.63) is 0 Å². The summed E-state index contributed by atoms with van der Waals surface area (Å²) in [5.74, 6) is 0. The molecule has 0 aromatic carbocycles. The van der Waals surface area contributed by atoms with E-state index in [1.807, 2.05) is 0 Å². The van der Waals surface area contributed by atoms with E-state index < -0.39 is 0 Å². The molecule has 1 saturated heterocycles. The van der Waals surface area contributed by atoms with Crippen LogP contribution in [0.4, 0.5) is 0 Å². The zero-order chi connectivity index (χ0) is 5.11. The zero-order valence-corrected chi connectivity index (χ0v) is 8.66. The van der Waals surface area contributed by atoms with Crippen LogP contribution in [0.1, 0.15) is 19.3 Å². The van der Waals surface area contributed by atoms with Crippen LogP contribution in [0.15, 0.2) is 0 Å². The van der Waals surface area contributed by atoms with Crippen molar-refractivity contribution in [3.63, 3.8) is 0 Å². The van der Waals surface area contributed by atoms with E-state index in [9.17, 15) is 0 Å². The predicted octanol–water partition coefficient (Wildman–Crippen LogP) is 0.144. The molecule has 3 heteroatoms. The van der Waals surface area contributed by atoms with Crippen LogP contribution in [0.3, 0.4) is 0 Å². The van der Waals surface area contributed by atoms with Crippen LogP contribution in [-0.2, 0) is 23.3 Å². The Morgan fingerprint density at radius 3 is 2.38 bits per heavy atom. The number of ether oxygens (including phenoxy) is 1. The smallest absolute Gasteiger partial charge is 0.258 e. The molecule has 0 aromatic rings. The Balaban J connectivity index is 0.000000490. The minimum absolute atomic E-state index is 0. The largest absolute Gasteiger partial charge is 0.394 e. The van der Waals surface area contributed by atoms with Crippen LogP contribution in [0.25, 0.3) is 0 Å². The first-order chi connectivity index (χ1) is 3.39. The van der Waals surface area contributed by atoms with Gasteiger partial charge in [0.25, 0.3) is 16.3 Å². The second-order valence-electron chi connectivity index (χ2n) is 2.18. The Morgan fingerprint density at radius 1 is 1.38 bits per heavy atom. The molecule has 0 aromatic heterocycles. The van der Waals surface area contributed by atoms with Crippen LogP contribution in [-0.4, -0.2) is 27.9 Å². The van der Waals surface area contributed by atoms with Gasteiger partial charge >= 0.3 is 0 Å². The van der Waals surface area contributed by atoms with E-state index in [0.29, 0.717) is 4.97 Å². The maximum absolute atomic E-state index is 5.34. The van der Waals surface area contributed by atoms with Crippen LogP contribution >= 0.6 is 0 Å². The average molecular weight is 165 g/mol. The molecule has 1 radical (unpaired) electrons. The third-order valence-corrected chi connectivity index (χ3v) is 2.32. The second kappa shape index (κ2) is 4.91. The summed E-state index contributed by atoms with van der Waals surface area (Å²) in [7, 11) is 0. The molecule has 0 spiro atoms. The first-order valence-corrected chi connectivity index (χ1v) is 4.16. The molecule has 1 unspecified atom stereocenters. The maximum atomic E-state index is 5.34. The van der Waals surface area contributed by atoms with Gasteiger partial charge in [-0.3, -0.25) is 0 Å². The van der Waals surface area contributed by atoms with Gasteiger partial charge in [0.15, 0.2) is 0 Å². The standard InChI is InChI=1S/C5H9O.Al.V.2H/c1-2-4-6-5-3-1;;;;/h4H,1-3,5H2;;;;. The van der Waals surface area contributed by atoms with Crippen LogP contribution in [0.2, 0.25) is 0 Å². The summed E-state index contributed by atoms with van der Waals surface area (Å²) >= 11 is 1.23. The van der Waals surface area contributed by atoms with E-state index in [-0.39, 0.29) is 18.6 Å². The summed E-state index contributed by atoms with van der Waals surface area (Å²) < 4.78 is 5.34. The molecule has 45 valence electrons. The van der Waals surface area contributed by atoms with Gasteiger partial charge in [0.1, 0.15) is 0 Å². The van der Waals surface area contributed by atoms with Crippen molar-refractivity contribution in [2.45, 2.75) is 24.2 Å². The van der Waals surface area contributed by atoms with Crippen molar-refractivity contribution >= 4 is 16.3 Å². The van der Waals surface area contributed by atoms with Gasteiger partial charge in [0.05, 0.1) is 0 Å². The molecular formula is C5H11AlOV. The Kier molecular flexibility index (Phi) is 5.57. The Bertz CT molecular complexity index is 54.4. The summed E-state index contributed by atoms with van der Waals surface area (Å²) in [4.78, 5) is 0.675. The van der Waals surface area contributed by atoms with Gasteiger partial charge in [-0.1, -0.05) is 0 Å². The van der Waals surface area contributed by atoms with Crippen molar-refractivity contribution in [1.82, 2.24) is 0 Å². The topological polar surface area (TPSA) is 9.23 Å². The second-order valence-corrected chi connectivity index (χ2v) is 3.47. The van der Waals surface area contributed by atoms with Gasteiger partial charge in [-0.25, -0.2) is 0 Å². The summed E-state index contributed by atoms with van der Waals surface area (Å²) in [5, 5.41) is 0. The molecule has 1 nitrogen and oxygen atoms in total. The van der Waals surface area contributed by atoms with Crippen molar-refractivity contribution in [3.8, 4) is 0 Å². The molecular weight excluding hydrogens is 154 g/mol. The Hall–Kier alpha value is 1.08. The summed E-state index contributed by atoms with van der Waals surface area (Å²) in [6.45, 7) is 1.02. The molecule has 1 fully saturated rings. The summed E-state index contributed by atoms with van der Waals surface area (Å²) in [5.41, 5.74) is 0. The van der Waals surface area contributed by atoms with E-state index in [1.165, 1.54) is 35.6 Å². The van der Waals surface area contributed by atoms with Gasteiger partial charge in [-0.15, -0.1) is 0 Å². The first kappa shape index (κ1) is 9.08. The SMILES string of the molecule is [AlH2][CH]1CCCCO1.[V]. The Morgan fingerprint density at radius 2 is 2.12 bits per heavy atom. The predicted molar refractivity (Wildman–Crippen MR) is 32.1 cm³/mol. The first-order valence-electron chi connectivity index (χ1n) is 3.01. The summed E-state index contributed by atoms with van der Waals surface area (Å²) in [6.07, 6.45) is 4.01. The summed E-state index contributed by atoms with van der Waals surface area (Å²) in [6, 6.07) is 0. The molecule has 1 aliphatic heterocycles. The fourth-order valence-electron chi connectivity index (χ4n) is 0.902. The van der Waals surface area contributed by atoms with E-state index in [0.717, 1.165) is 6.61 Å². The molecule has 0 amide bonds.